The van der Waals surface area contributed by atoms with Crippen molar-refractivity contribution in [3.63, 3.8) is 0 Å². The molecule has 2 fully saturated rings. The second kappa shape index (κ2) is 8.12. The summed E-state index contributed by atoms with van der Waals surface area (Å²) >= 11 is 0. The van der Waals surface area contributed by atoms with Crippen molar-refractivity contribution in [3.05, 3.63) is 64.7 Å². The number of benzene rings is 2. The number of fused-ring (bicyclic) bond motifs is 4. The number of carbonyl (C=O) groups excluding carboxylic acids is 3. The van der Waals surface area contributed by atoms with Crippen LogP contribution in [0.4, 0.5) is 19.3 Å². The van der Waals surface area contributed by atoms with Crippen LogP contribution in [-0.2, 0) is 20.7 Å². The summed E-state index contributed by atoms with van der Waals surface area (Å²) in [4.78, 5) is 39.8. The summed E-state index contributed by atoms with van der Waals surface area (Å²) in [5.74, 6) is -4.11. The molecule has 35 heavy (non-hydrogen) atoms. The molecule has 0 aliphatic carbocycles. The lowest BCUT2D eigenvalue weighted by atomic mass is 9.66. The first-order valence-corrected chi connectivity index (χ1v) is 11.1. The number of barbiturate groups is 1. The molecule has 3 aliphatic heterocycles. The van der Waals surface area contributed by atoms with Crippen LogP contribution >= 0.6 is 0 Å². The molecule has 11 heteroatoms. The third-order valence-electron chi connectivity index (χ3n) is 6.87. The number of morpholine rings is 1. The van der Waals surface area contributed by atoms with E-state index in [0.29, 0.717) is 5.56 Å². The van der Waals surface area contributed by atoms with Gasteiger partial charge in [0, 0.05) is 24.1 Å². The number of nitrogens with one attached hydrogen (secondary N) is 2. The highest BCUT2D eigenvalue weighted by Crippen LogP contribution is 2.48. The Morgan fingerprint density at radius 3 is 2.40 bits per heavy atom. The van der Waals surface area contributed by atoms with Gasteiger partial charge in [-0.05, 0) is 25.5 Å². The maximum atomic E-state index is 15.7. The van der Waals surface area contributed by atoms with Gasteiger partial charge in [-0.1, -0.05) is 35.5 Å². The van der Waals surface area contributed by atoms with E-state index in [2.05, 4.69) is 15.8 Å². The number of imide groups is 2. The second-order valence-electron chi connectivity index (χ2n) is 9.01. The van der Waals surface area contributed by atoms with Crippen molar-refractivity contribution in [3.8, 4) is 0 Å². The summed E-state index contributed by atoms with van der Waals surface area (Å²) in [7, 11) is 0. The fraction of sp³-hybridized carbons (Fsp3) is 0.333. The van der Waals surface area contributed by atoms with Gasteiger partial charge in [0.2, 0.25) is 11.8 Å². The minimum absolute atomic E-state index is 0.0770. The number of rotatable bonds is 2. The molecule has 3 N–H and O–H groups in total. The Hall–Kier alpha value is -3.86. The van der Waals surface area contributed by atoms with Crippen LogP contribution in [-0.4, -0.2) is 53.6 Å². The number of nitrogens with zero attached hydrogens (tertiary/aromatic N) is 2. The molecule has 9 nitrogen and oxygen atoms in total. The fourth-order valence-corrected chi connectivity index (χ4v) is 5.57. The van der Waals surface area contributed by atoms with E-state index in [9.17, 15) is 19.6 Å². The van der Waals surface area contributed by atoms with E-state index < -0.39 is 53.1 Å². The molecular weight excluding hydrogens is 462 g/mol. The summed E-state index contributed by atoms with van der Waals surface area (Å²) in [5.41, 5.74) is -1.97. The Kier molecular flexibility index (Phi) is 5.32. The van der Waals surface area contributed by atoms with Crippen LogP contribution in [0.1, 0.15) is 30.5 Å². The molecule has 5 rings (SSSR count). The van der Waals surface area contributed by atoms with E-state index in [1.807, 2.05) is 0 Å². The number of urea groups is 1. The highest BCUT2D eigenvalue weighted by atomic mass is 19.2. The zero-order chi connectivity index (χ0) is 25.1. The lowest BCUT2D eigenvalue weighted by molar-refractivity contribution is -0.153. The Balaban J connectivity index is 1.74. The monoisotopic (exact) mass is 484 g/mol. The smallest absolute Gasteiger partial charge is 0.328 e. The number of anilines is 1. The summed E-state index contributed by atoms with van der Waals surface area (Å²) in [6, 6.07) is 7.49. The van der Waals surface area contributed by atoms with Crippen molar-refractivity contribution >= 4 is 29.2 Å². The molecule has 0 aromatic heterocycles. The molecule has 3 heterocycles. The van der Waals surface area contributed by atoms with Gasteiger partial charge in [-0.15, -0.1) is 0 Å². The van der Waals surface area contributed by atoms with E-state index in [1.54, 1.807) is 44.2 Å². The minimum Gasteiger partial charge on any atom is -0.410 e. The van der Waals surface area contributed by atoms with Crippen LogP contribution < -0.4 is 15.5 Å². The van der Waals surface area contributed by atoms with Gasteiger partial charge in [0.05, 0.1) is 23.9 Å². The number of halogens is 2. The van der Waals surface area contributed by atoms with Gasteiger partial charge in [-0.2, -0.15) is 0 Å². The molecule has 0 saturated carbocycles. The van der Waals surface area contributed by atoms with Crippen molar-refractivity contribution in [2.75, 3.05) is 11.4 Å². The molecule has 2 aromatic carbocycles. The van der Waals surface area contributed by atoms with Crippen molar-refractivity contribution in [1.29, 1.82) is 0 Å². The van der Waals surface area contributed by atoms with E-state index in [1.165, 1.54) is 11.0 Å². The molecule has 2 saturated heterocycles. The van der Waals surface area contributed by atoms with Gasteiger partial charge in [-0.25, -0.2) is 13.6 Å². The molecule has 4 amide bonds. The van der Waals surface area contributed by atoms with Crippen LogP contribution in [0, 0.1) is 17.0 Å². The number of hydrogen-bond donors (Lipinski definition) is 3. The Labute approximate surface area is 198 Å². The van der Waals surface area contributed by atoms with Gasteiger partial charge in [0.15, 0.2) is 17.0 Å². The third kappa shape index (κ3) is 3.29. The van der Waals surface area contributed by atoms with E-state index >= 15 is 8.78 Å². The molecule has 0 radical (unpaired) electrons. The Bertz CT molecular complexity index is 1260. The lowest BCUT2D eigenvalue weighted by Crippen LogP contribution is -2.75. The van der Waals surface area contributed by atoms with Crippen molar-refractivity contribution in [2.24, 2.45) is 10.6 Å². The predicted octanol–water partition coefficient (Wildman–Crippen LogP) is 2.08. The molecule has 3 atom stereocenters. The van der Waals surface area contributed by atoms with E-state index in [-0.39, 0.29) is 35.5 Å². The molecular formula is C24H22F2N4O5. The van der Waals surface area contributed by atoms with Crippen LogP contribution in [0.3, 0.4) is 0 Å². The molecule has 182 valence electrons. The Morgan fingerprint density at radius 2 is 1.77 bits per heavy atom. The average Bonchev–Trinajstić information content (AvgIpc) is 2.81. The minimum atomic E-state index is -1.84. The largest absolute Gasteiger partial charge is 0.410 e. The van der Waals surface area contributed by atoms with Crippen LogP contribution in [0.5, 0.6) is 0 Å². The lowest BCUT2D eigenvalue weighted by Gasteiger charge is -2.55. The Morgan fingerprint density at radius 1 is 1.11 bits per heavy atom. The summed E-state index contributed by atoms with van der Waals surface area (Å²) < 4.78 is 37.1. The maximum absolute atomic E-state index is 15.7. The highest BCUT2D eigenvalue weighted by molar-refractivity contribution is 6.20. The molecule has 1 spiro atoms. The van der Waals surface area contributed by atoms with Gasteiger partial charge < -0.3 is 14.8 Å². The van der Waals surface area contributed by atoms with Gasteiger partial charge in [0.1, 0.15) is 5.71 Å². The van der Waals surface area contributed by atoms with Gasteiger partial charge in [-0.3, -0.25) is 20.2 Å². The first kappa shape index (κ1) is 22.9. The zero-order valence-corrected chi connectivity index (χ0v) is 18.8. The highest BCUT2D eigenvalue weighted by Gasteiger charge is 2.63. The summed E-state index contributed by atoms with van der Waals surface area (Å²) in [5, 5.41) is 17.2. The maximum Gasteiger partial charge on any atom is 0.328 e. The number of hydrogen-bond acceptors (Lipinski definition) is 7. The molecule has 3 aliphatic rings. The van der Waals surface area contributed by atoms with Crippen LogP contribution in [0.25, 0.3) is 0 Å². The average molecular weight is 484 g/mol. The number of ether oxygens (including phenoxy) is 1. The summed E-state index contributed by atoms with van der Waals surface area (Å²) in [6.07, 6.45) is -1.46. The van der Waals surface area contributed by atoms with Crippen LogP contribution in [0.2, 0.25) is 0 Å². The van der Waals surface area contributed by atoms with Crippen molar-refractivity contribution in [2.45, 2.75) is 38.5 Å². The van der Waals surface area contributed by atoms with Gasteiger partial charge >= 0.3 is 6.03 Å². The van der Waals surface area contributed by atoms with E-state index in [4.69, 9.17) is 4.74 Å². The van der Waals surface area contributed by atoms with E-state index in [0.717, 1.165) is 0 Å². The van der Waals surface area contributed by atoms with Gasteiger partial charge in [0.25, 0.3) is 0 Å². The quantitative estimate of drug-likeness (QED) is 0.260. The molecule has 2 aromatic rings. The normalized spacial score (nSPS) is 25.6. The second-order valence-corrected chi connectivity index (χ2v) is 9.01. The third-order valence-corrected chi connectivity index (χ3v) is 6.87. The SMILES string of the molecule is C[C@@H]1CN2c3c(cc(/C(=N/O)c4ccccc4)c(F)c3F)CC3(C(=O)NC(=O)NC3=O)[C@H]2[C@H](C)O1. The number of oxime groups is 1. The van der Waals surface area contributed by atoms with Crippen molar-refractivity contribution < 1.29 is 33.1 Å². The molecule has 0 bridgehead atoms. The molecule has 0 unspecified atom stereocenters. The first-order chi connectivity index (χ1) is 16.7. The topological polar surface area (TPSA) is 120 Å². The standard InChI is InChI=1S/C24H22F2N4O5/c1-11-10-30-19-14(8-15(16(25)17(19)26)18(29-34)13-6-4-3-5-7-13)9-24(20(30)12(2)35-11)21(31)27-23(33)28-22(24)32/h3-8,11-12,20,34H,9-10H2,1-2H3,(H2,27,28,31,32,33)/b29-18+/t11-,12+,20-/m1/s1. The summed E-state index contributed by atoms with van der Waals surface area (Å²) in [6.45, 7) is 3.46. The van der Waals surface area contributed by atoms with Crippen molar-refractivity contribution in [1.82, 2.24) is 10.6 Å². The number of carbonyl (C=O) groups is 3. The van der Waals surface area contributed by atoms with Crippen LogP contribution in [0.15, 0.2) is 41.6 Å². The number of amides is 4. The zero-order valence-electron chi connectivity index (χ0n) is 18.8. The fourth-order valence-electron chi connectivity index (χ4n) is 5.57. The predicted molar refractivity (Wildman–Crippen MR) is 119 cm³/mol. The first-order valence-electron chi connectivity index (χ1n) is 11.1.